The minimum atomic E-state index is 0.679. The number of halogens is 1. The predicted octanol–water partition coefficient (Wildman–Crippen LogP) is 4.40. The van der Waals surface area contributed by atoms with Crippen molar-refractivity contribution in [2.24, 2.45) is 0 Å². The molecule has 20 heavy (non-hydrogen) atoms. The van der Waals surface area contributed by atoms with Crippen molar-refractivity contribution in [1.82, 2.24) is 9.78 Å². The van der Waals surface area contributed by atoms with Crippen molar-refractivity contribution in [3.8, 4) is 16.3 Å². The fourth-order valence-electron chi connectivity index (χ4n) is 2.22. The standard InChI is InChI=1S/C15H14ClN3S/c1-2-11-13(14-12(16)8-9-20-14)18-19(15(11)17)10-6-4-3-5-7-10/h3-9H,2,17H2,1H3. The van der Waals surface area contributed by atoms with E-state index in [-0.39, 0.29) is 0 Å². The summed E-state index contributed by atoms with van der Waals surface area (Å²) in [5.74, 6) is 0.679. The third-order valence-electron chi connectivity index (χ3n) is 3.21. The molecule has 5 heteroatoms. The lowest BCUT2D eigenvalue weighted by Crippen LogP contribution is -2.02. The number of thiophene rings is 1. The molecular weight excluding hydrogens is 290 g/mol. The van der Waals surface area contributed by atoms with Crippen molar-refractivity contribution in [2.45, 2.75) is 13.3 Å². The van der Waals surface area contributed by atoms with Crippen LogP contribution in [0.15, 0.2) is 41.8 Å². The van der Waals surface area contributed by atoms with Crippen LogP contribution in [0.25, 0.3) is 16.3 Å². The van der Waals surface area contributed by atoms with Gasteiger partial charge in [0, 0.05) is 5.56 Å². The first-order valence-electron chi connectivity index (χ1n) is 6.38. The summed E-state index contributed by atoms with van der Waals surface area (Å²) in [6.07, 6.45) is 0.822. The van der Waals surface area contributed by atoms with E-state index in [2.05, 4.69) is 12.0 Å². The van der Waals surface area contributed by atoms with Crippen LogP contribution < -0.4 is 5.73 Å². The summed E-state index contributed by atoms with van der Waals surface area (Å²) in [7, 11) is 0. The van der Waals surface area contributed by atoms with Crippen LogP contribution in [0.5, 0.6) is 0 Å². The van der Waals surface area contributed by atoms with E-state index in [0.717, 1.165) is 33.3 Å². The number of hydrogen-bond donors (Lipinski definition) is 1. The van der Waals surface area contributed by atoms with Gasteiger partial charge in [-0.05, 0) is 30.0 Å². The normalized spacial score (nSPS) is 10.9. The summed E-state index contributed by atoms with van der Waals surface area (Å²) in [6.45, 7) is 2.08. The lowest BCUT2D eigenvalue weighted by molar-refractivity contribution is 0.895. The van der Waals surface area contributed by atoms with Crippen molar-refractivity contribution in [3.63, 3.8) is 0 Å². The van der Waals surface area contributed by atoms with Gasteiger partial charge in [0.25, 0.3) is 0 Å². The van der Waals surface area contributed by atoms with Crippen LogP contribution in [-0.2, 0) is 6.42 Å². The maximum Gasteiger partial charge on any atom is 0.131 e. The first kappa shape index (κ1) is 13.2. The molecule has 2 aromatic heterocycles. The average Bonchev–Trinajstić information content (AvgIpc) is 3.03. The molecule has 2 N–H and O–H groups in total. The molecule has 0 fully saturated rings. The summed E-state index contributed by atoms with van der Waals surface area (Å²) < 4.78 is 1.78. The summed E-state index contributed by atoms with van der Waals surface area (Å²) in [6, 6.07) is 11.8. The Bertz CT molecular complexity index is 731. The largest absolute Gasteiger partial charge is 0.383 e. The van der Waals surface area contributed by atoms with E-state index < -0.39 is 0 Å². The molecule has 2 heterocycles. The molecule has 0 saturated heterocycles. The second kappa shape index (κ2) is 5.31. The summed E-state index contributed by atoms with van der Waals surface area (Å²) >= 11 is 7.82. The number of nitrogens with two attached hydrogens (primary N) is 1. The molecule has 3 rings (SSSR count). The number of nitrogen functional groups attached to an aromatic ring is 1. The number of anilines is 1. The van der Waals surface area contributed by atoms with Crippen molar-refractivity contribution in [2.75, 3.05) is 5.73 Å². The highest BCUT2D eigenvalue weighted by atomic mass is 35.5. The minimum absolute atomic E-state index is 0.679. The molecule has 0 radical (unpaired) electrons. The highest BCUT2D eigenvalue weighted by Crippen LogP contribution is 2.37. The van der Waals surface area contributed by atoms with Gasteiger partial charge in [-0.25, -0.2) is 4.68 Å². The lowest BCUT2D eigenvalue weighted by atomic mass is 10.1. The summed E-state index contributed by atoms with van der Waals surface area (Å²) in [5.41, 5.74) is 9.15. The molecule has 0 amide bonds. The zero-order chi connectivity index (χ0) is 14.1. The number of hydrogen-bond acceptors (Lipinski definition) is 3. The van der Waals surface area contributed by atoms with Gasteiger partial charge in [-0.3, -0.25) is 0 Å². The van der Waals surface area contributed by atoms with Gasteiger partial charge in [0.05, 0.1) is 15.6 Å². The lowest BCUT2D eigenvalue weighted by Gasteiger charge is -2.03. The van der Waals surface area contributed by atoms with Crippen LogP contribution in [0.1, 0.15) is 12.5 Å². The summed E-state index contributed by atoms with van der Waals surface area (Å²) in [5, 5.41) is 7.36. The second-order valence-corrected chi connectivity index (χ2v) is 5.73. The van der Waals surface area contributed by atoms with Crippen molar-refractivity contribution >= 4 is 28.8 Å². The van der Waals surface area contributed by atoms with Crippen LogP contribution in [0, 0.1) is 0 Å². The Balaban J connectivity index is 2.21. The SMILES string of the molecule is CCc1c(-c2sccc2Cl)nn(-c2ccccc2)c1N. The van der Waals surface area contributed by atoms with Crippen LogP contribution in [0.2, 0.25) is 5.02 Å². The van der Waals surface area contributed by atoms with E-state index in [1.807, 2.05) is 41.8 Å². The van der Waals surface area contributed by atoms with Gasteiger partial charge in [-0.1, -0.05) is 36.7 Å². The molecule has 0 saturated carbocycles. The van der Waals surface area contributed by atoms with E-state index in [1.54, 1.807) is 16.0 Å². The number of nitrogens with zero attached hydrogens (tertiary/aromatic N) is 2. The van der Waals surface area contributed by atoms with Gasteiger partial charge in [0.1, 0.15) is 11.5 Å². The Kier molecular flexibility index (Phi) is 3.51. The monoisotopic (exact) mass is 303 g/mol. The molecule has 0 aliphatic heterocycles. The summed E-state index contributed by atoms with van der Waals surface area (Å²) in [4.78, 5) is 0.977. The topological polar surface area (TPSA) is 43.8 Å². The van der Waals surface area contributed by atoms with Crippen molar-refractivity contribution < 1.29 is 0 Å². The number of para-hydroxylation sites is 1. The van der Waals surface area contributed by atoms with Gasteiger partial charge in [0.2, 0.25) is 0 Å². The van der Waals surface area contributed by atoms with Gasteiger partial charge in [0.15, 0.2) is 0 Å². The van der Waals surface area contributed by atoms with E-state index in [0.29, 0.717) is 5.82 Å². The average molecular weight is 304 g/mol. The fourth-order valence-corrected chi connectivity index (χ4v) is 3.38. The zero-order valence-corrected chi connectivity index (χ0v) is 12.6. The van der Waals surface area contributed by atoms with E-state index >= 15 is 0 Å². The van der Waals surface area contributed by atoms with Crippen LogP contribution in [0.4, 0.5) is 5.82 Å². The Labute approximate surface area is 126 Å². The molecule has 0 aliphatic rings. The quantitative estimate of drug-likeness (QED) is 0.779. The Morgan fingerprint density at radius 3 is 2.60 bits per heavy atom. The van der Waals surface area contributed by atoms with Crippen LogP contribution in [-0.4, -0.2) is 9.78 Å². The van der Waals surface area contributed by atoms with Crippen LogP contribution in [0.3, 0.4) is 0 Å². The predicted molar refractivity (Wildman–Crippen MR) is 85.7 cm³/mol. The third kappa shape index (κ3) is 2.11. The first-order valence-corrected chi connectivity index (χ1v) is 7.64. The van der Waals surface area contributed by atoms with Gasteiger partial charge < -0.3 is 5.73 Å². The van der Waals surface area contributed by atoms with Gasteiger partial charge >= 0.3 is 0 Å². The molecule has 0 unspecified atom stereocenters. The first-order chi connectivity index (χ1) is 9.72. The number of rotatable bonds is 3. The molecule has 0 atom stereocenters. The zero-order valence-electron chi connectivity index (χ0n) is 11.0. The second-order valence-electron chi connectivity index (χ2n) is 4.41. The fraction of sp³-hybridized carbons (Fsp3) is 0.133. The van der Waals surface area contributed by atoms with Crippen molar-refractivity contribution in [3.05, 3.63) is 52.4 Å². The molecule has 1 aromatic carbocycles. The molecule has 3 aromatic rings. The molecule has 102 valence electrons. The van der Waals surface area contributed by atoms with Gasteiger partial charge in [-0.15, -0.1) is 11.3 Å². The number of aromatic nitrogens is 2. The smallest absolute Gasteiger partial charge is 0.131 e. The maximum atomic E-state index is 6.26. The Hall–Kier alpha value is -1.78. The Morgan fingerprint density at radius 2 is 2.00 bits per heavy atom. The molecular formula is C15H14ClN3S. The van der Waals surface area contributed by atoms with Crippen molar-refractivity contribution in [1.29, 1.82) is 0 Å². The number of benzene rings is 1. The van der Waals surface area contributed by atoms with E-state index in [4.69, 9.17) is 17.3 Å². The van der Waals surface area contributed by atoms with E-state index in [9.17, 15) is 0 Å². The minimum Gasteiger partial charge on any atom is -0.383 e. The van der Waals surface area contributed by atoms with E-state index in [1.165, 1.54) is 0 Å². The highest BCUT2D eigenvalue weighted by molar-refractivity contribution is 7.14. The molecule has 0 bridgehead atoms. The molecule has 3 nitrogen and oxygen atoms in total. The maximum absolute atomic E-state index is 6.26. The molecule has 0 aliphatic carbocycles. The molecule has 0 spiro atoms. The third-order valence-corrected chi connectivity index (χ3v) is 4.56. The Morgan fingerprint density at radius 1 is 1.25 bits per heavy atom. The highest BCUT2D eigenvalue weighted by Gasteiger charge is 2.19. The van der Waals surface area contributed by atoms with Gasteiger partial charge in [-0.2, -0.15) is 5.10 Å². The van der Waals surface area contributed by atoms with Crippen LogP contribution >= 0.6 is 22.9 Å².